The van der Waals surface area contributed by atoms with Gasteiger partial charge in [-0.1, -0.05) is 12.1 Å². The molecular weight excluding hydrogens is 342 g/mol. The third kappa shape index (κ3) is 5.24. The molecule has 1 aliphatic rings. The molecule has 0 spiro atoms. The molecular formula is C19H20F2N2O3. The number of alkyl halides is 2. The van der Waals surface area contributed by atoms with Gasteiger partial charge in [-0.3, -0.25) is 9.69 Å². The minimum Gasteiger partial charge on any atom is -0.435 e. The van der Waals surface area contributed by atoms with Crippen LogP contribution in [0.5, 0.6) is 5.75 Å². The second-order valence-electron chi connectivity index (χ2n) is 5.94. The van der Waals surface area contributed by atoms with Gasteiger partial charge in [0.25, 0.3) is 5.91 Å². The highest BCUT2D eigenvalue weighted by Crippen LogP contribution is 2.17. The summed E-state index contributed by atoms with van der Waals surface area (Å²) < 4.78 is 33.9. The van der Waals surface area contributed by atoms with Gasteiger partial charge in [0, 0.05) is 30.9 Å². The maximum absolute atomic E-state index is 12.2. The number of benzene rings is 2. The number of nitrogens with one attached hydrogen (secondary N) is 1. The Morgan fingerprint density at radius 3 is 2.35 bits per heavy atom. The van der Waals surface area contributed by atoms with Gasteiger partial charge >= 0.3 is 6.61 Å². The van der Waals surface area contributed by atoms with Crippen molar-refractivity contribution in [2.45, 2.75) is 13.2 Å². The monoisotopic (exact) mass is 362 g/mol. The van der Waals surface area contributed by atoms with Crippen molar-refractivity contribution < 1.29 is 23.0 Å². The Morgan fingerprint density at radius 2 is 1.73 bits per heavy atom. The van der Waals surface area contributed by atoms with Crippen molar-refractivity contribution in [3.8, 4) is 5.75 Å². The molecule has 0 unspecified atom stereocenters. The lowest BCUT2D eigenvalue weighted by Gasteiger charge is -2.26. The molecule has 0 atom stereocenters. The number of carbonyl (C=O) groups excluding carboxylic acids is 1. The second-order valence-corrected chi connectivity index (χ2v) is 5.94. The van der Waals surface area contributed by atoms with Gasteiger partial charge in [0.2, 0.25) is 0 Å². The molecule has 1 heterocycles. The summed E-state index contributed by atoms with van der Waals surface area (Å²) in [6.45, 7) is 1.33. The van der Waals surface area contributed by atoms with E-state index in [1.165, 1.54) is 29.8 Å². The van der Waals surface area contributed by atoms with Crippen molar-refractivity contribution >= 4 is 11.6 Å². The van der Waals surface area contributed by atoms with Crippen molar-refractivity contribution in [1.82, 2.24) is 4.90 Å². The summed E-state index contributed by atoms with van der Waals surface area (Å²) in [5, 5.41) is 2.79. The van der Waals surface area contributed by atoms with Crippen LogP contribution in [-0.2, 0) is 11.3 Å². The average Bonchev–Trinajstić information content (AvgIpc) is 2.64. The number of anilines is 1. The molecule has 0 aliphatic carbocycles. The molecule has 0 bridgehead atoms. The van der Waals surface area contributed by atoms with E-state index in [0.717, 1.165) is 32.8 Å². The number of hydrogen-bond acceptors (Lipinski definition) is 4. The van der Waals surface area contributed by atoms with E-state index >= 15 is 0 Å². The van der Waals surface area contributed by atoms with E-state index in [1.807, 2.05) is 24.3 Å². The highest BCUT2D eigenvalue weighted by atomic mass is 19.3. The number of hydrogen-bond donors (Lipinski definition) is 1. The Kier molecular flexibility index (Phi) is 6.14. The molecule has 1 aliphatic heterocycles. The minimum absolute atomic E-state index is 0.0176. The first-order chi connectivity index (χ1) is 12.6. The Bertz CT molecular complexity index is 715. The molecule has 1 N–H and O–H groups in total. The van der Waals surface area contributed by atoms with Gasteiger partial charge < -0.3 is 14.8 Å². The first-order valence-electron chi connectivity index (χ1n) is 8.35. The number of amides is 1. The van der Waals surface area contributed by atoms with Crippen LogP contribution in [-0.4, -0.2) is 43.7 Å². The highest BCUT2D eigenvalue weighted by molar-refractivity contribution is 6.04. The molecule has 2 aromatic rings. The number of carbonyl (C=O) groups is 1. The highest BCUT2D eigenvalue weighted by Gasteiger charge is 2.11. The van der Waals surface area contributed by atoms with Gasteiger partial charge in [-0.15, -0.1) is 0 Å². The largest absolute Gasteiger partial charge is 0.435 e. The number of rotatable bonds is 6. The van der Waals surface area contributed by atoms with E-state index in [1.54, 1.807) is 0 Å². The third-order valence-corrected chi connectivity index (χ3v) is 4.06. The van der Waals surface area contributed by atoms with E-state index in [-0.39, 0.29) is 11.7 Å². The Hall–Kier alpha value is -2.51. The van der Waals surface area contributed by atoms with Crippen LogP contribution in [0.4, 0.5) is 14.5 Å². The van der Waals surface area contributed by atoms with E-state index in [0.29, 0.717) is 11.3 Å². The minimum atomic E-state index is -2.88. The van der Waals surface area contributed by atoms with Gasteiger partial charge in [0.1, 0.15) is 5.75 Å². The lowest BCUT2D eigenvalue weighted by Crippen LogP contribution is -2.35. The van der Waals surface area contributed by atoms with Crippen LogP contribution < -0.4 is 10.1 Å². The van der Waals surface area contributed by atoms with Crippen molar-refractivity contribution in [2.75, 3.05) is 31.6 Å². The number of ether oxygens (including phenoxy) is 2. The van der Waals surface area contributed by atoms with Crippen LogP contribution in [0.1, 0.15) is 15.9 Å². The van der Waals surface area contributed by atoms with E-state index in [9.17, 15) is 13.6 Å². The van der Waals surface area contributed by atoms with E-state index in [2.05, 4.69) is 15.0 Å². The number of morpholine rings is 1. The predicted octanol–water partition coefficient (Wildman–Crippen LogP) is 3.37. The maximum Gasteiger partial charge on any atom is 0.387 e. The summed E-state index contributed by atoms with van der Waals surface area (Å²) in [6, 6.07) is 13.2. The first kappa shape index (κ1) is 18.3. The zero-order chi connectivity index (χ0) is 18.4. The standard InChI is InChI=1S/C19H20F2N2O3/c20-19(21)26-17-7-3-15(4-8-17)18(24)22-16-5-1-14(2-6-16)13-23-9-11-25-12-10-23/h1-8,19H,9-13H2,(H,22,24). The van der Waals surface area contributed by atoms with Crippen LogP contribution in [0.2, 0.25) is 0 Å². The molecule has 3 rings (SSSR count). The topological polar surface area (TPSA) is 50.8 Å². The van der Waals surface area contributed by atoms with Crippen molar-refractivity contribution in [3.05, 3.63) is 59.7 Å². The van der Waals surface area contributed by atoms with Crippen molar-refractivity contribution in [1.29, 1.82) is 0 Å². The zero-order valence-corrected chi connectivity index (χ0v) is 14.2. The maximum atomic E-state index is 12.2. The summed E-state index contributed by atoms with van der Waals surface area (Å²) in [5.74, 6) is -0.293. The number of nitrogens with zero attached hydrogens (tertiary/aromatic N) is 1. The molecule has 1 amide bonds. The average molecular weight is 362 g/mol. The molecule has 0 aromatic heterocycles. The quantitative estimate of drug-likeness (QED) is 0.856. The lowest BCUT2D eigenvalue weighted by atomic mass is 10.1. The molecule has 0 saturated carbocycles. The van der Waals surface area contributed by atoms with E-state index < -0.39 is 6.61 Å². The summed E-state index contributed by atoms with van der Waals surface area (Å²) >= 11 is 0. The molecule has 1 saturated heterocycles. The summed E-state index contributed by atoms with van der Waals surface area (Å²) in [7, 11) is 0. The van der Waals surface area contributed by atoms with Gasteiger partial charge in [0.05, 0.1) is 13.2 Å². The van der Waals surface area contributed by atoms with Crippen molar-refractivity contribution in [2.24, 2.45) is 0 Å². The van der Waals surface area contributed by atoms with Crippen LogP contribution in [0, 0.1) is 0 Å². The third-order valence-electron chi connectivity index (χ3n) is 4.06. The second kappa shape index (κ2) is 8.73. The van der Waals surface area contributed by atoms with Gasteiger partial charge in [0.15, 0.2) is 0 Å². The summed E-state index contributed by atoms with van der Waals surface area (Å²) in [4.78, 5) is 14.5. The van der Waals surface area contributed by atoms with Gasteiger partial charge in [-0.2, -0.15) is 8.78 Å². The normalized spacial score (nSPS) is 15.0. The van der Waals surface area contributed by atoms with Gasteiger partial charge in [-0.05, 0) is 42.0 Å². The fraction of sp³-hybridized carbons (Fsp3) is 0.316. The molecule has 7 heteroatoms. The molecule has 26 heavy (non-hydrogen) atoms. The SMILES string of the molecule is O=C(Nc1ccc(CN2CCOCC2)cc1)c1ccc(OC(F)F)cc1. The van der Waals surface area contributed by atoms with Crippen molar-refractivity contribution in [3.63, 3.8) is 0 Å². The molecule has 5 nitrogen and oxygen atoms in total. The molecule has 138 valence electrons. The Labute approximate surface area is 150 Å². The summed E-state index contributed by atoms with van der Waals surface area (Å²) in [5.41, 5.74) is 2.20. The van der Waals surface area contributed by atoms with Crippen LogP contribution in [0.15, 0.2) is 48.5 Å². The van der Waals surface area contributed by atoms with Gasteiger partial charge in [-0.25, -0.2) is 0 Å². The molecule has 2 aromatic carbocycles. The Balaban J connectivity index is 1.55. The smallest absolute Gasteiger partial charge is 0.387 e. The predicted molar refractivity (Wildman–Crippen MR) is 93.6 cm³/mol. The fourth-order valence-electron chi connectivity index (χ4n) is 2.70. The molecule has 1 fully saturated rings. The fourth-order valence-corrected chi connectivity index (χ4v) is 2.70. The zero-order valence-electron chi connectivity index (χ0n) is 14.2. The molecule has 0 radical (unpaired) electrons. The van der Waals surface area contributed by atoms with Crippen LogP contribution in [0.25, 0.3) is 0 Å². The first-order valence-corrected chi connectivity index (χ1v) is 8.35. The number of halogens is 2. The summed E-state index contributed by atoms with van der Waals surface area (Å²) in [6.07, 6.45) is 0. The van der Waals surface area contributed by atoms with Crippen LogP contribution >= 0.6 is 0 Å². The van der Waals surface area contributed by atoms with E-state index in [4.69, 9.17) is 4.74 Å². The Morgan fingerprint density at radius 1 is 1.08 bits per heavy atom. The van der Waals surface area contributed by atoms with Crippen LogP contribution in [0.3, 0.4) is 0 Å². The lowest BCUT2D eigenvalue weighted by molar-refractivity contribution is -0.0498.